The Morgan fingerprint density at radius 1 is 1.00 bits per heavy atom. The molecular weight excluding hydrogens is 593 g/mol. The first-order valence-electron chi connectivity index (χ1n) is 13.6. The Morgan fingerprint density at radius 2 is 1.76 bits per heavy atom. The Kier molecular flexibility index (Phi) is 9.25. The van der Waals surface area contributed by atoms with Gasteiger partial charge in [-0.1, -0.05) is 36.4 Å². The standard InChI is InChI=1S/C31H26FN3O10/c1-18(36)42-17-25-24(43-16-19-6-3-2-4-7-19)14-27(45-25)34-15-23(32)29(39)35(31(34)41)28(38)20-8-5-9-21(12-20)30(40)44-22-10-11-33-26(37)13-22/h2-13,15,24-25,27H,14,16-17H2,1H3,(H,33,37)/t24-,25+,27+/m0/s1. The van der Waals surface area contributed by atoms with E-state index in [1.54, 1.807) is 0 Å². The zero-order valence-electron chi connectivity index (χ0n) is 23.7. The number of hydrogen-bond donors (Lipinski definition) is 1. The number of aromatic nitrogens is 3. The van der Waals surface area contributed by atoms with E-state index in [1.807, 2.05) is 30.3 Å². The summed E-state index contributed by atoms with van der Waals surface area (Å²) in [5.41, 5.74) is -2.82. The number of hydrogen-bond acceptors (Lipinski definition) is 10. The summed E-state index contributed by atoms with van der Waals surface area (Å²) in [6.45, 7) is 1.16. The van der Waals surface area contributed by atoms with Crippen LogP contribution in [0.2, 0.25) is 0 Å². The minimum Gasteiger partial charge on any atom is -0.463 e. The van der Waals surface area contributed by atoms with Crippen molar-refractivity contribution in [2.45, 2.75) is 38.4 Å². The number of halogens is 1. The van der Waals surface area contributed by atoms with Gasteiger partial charge in [0.15, 0.2) is 0 Å². The minimum atomic E-state index is -1.51. The largest absolute Gasteiger partial charge is 0.463 e. The number of carbonyl (C=O) groups excluding carboxylic acids is 3. The van der Waals surface area contributed by atoms with Gasteiger partial charge < -0.3 is 23.9 Å². The molecule has 0 unspecified atom stereocenters. The number of ether oxygens (including phenoxy) is 4. The van der Waals surface area contributed by atoms with Crippen LogP contribution < -0.4 is 21.5 Å². The summed E-state index contributed by atoms with van der Waals surface area (Å²) in [4.78, 5) is 77.6. The zero-order valence-corrected chi connectivity index (χ0v) is 23.7. The van der Waals surface area contributed by atoms with Crippen molar-refractivity contribution >= 4 is 17.8 Å². The van der Waals surface area contributed by atoms with Gasteiger partial charge in [-0.05, 0) is 29.8 Å². The van der Waals surface area contributed by atoms with Gasteiger partial charge in [-0.3, -0.25) is 23.7 Å². The van der Waals surface area contributed by atoms with Gasteiger partial charge in [0.25, 0.3) is 17.0 Å². The molecule has 4 aromatic rings. The van der Waals surface area contributed by atoms with Gasteiger partial charge in [0.2, 0.25) is 5.82 Å². The molecule has 2 aromatic carbocycles. The van der Waals surface area contributed by atoms with E-state index in [-0.39, 0.29) is 41.1 Å². The fourth-order valence-electron chi connectivity index (χ4n) is 4.66. The maximum Gasteiger partial charge on any atom is 0.343 e. The second-order valence-electron chi connectivity index (χ2n) is 9.97. The van der Waals surface area contributed by atoms with E-state index >= 15 is 0 Å². The highest BCUT2D eigenvalue weighted by atomic mass is 19.1. The fraction of sp³-hybridized carbons (Fsp3) is 0.226. The van der Waals surface area contributed by atoms with E-state index in [0.29, 0.717) is 6.20 Å². The highest BCUT2D eigenvalue weighted by molar-refractivity contribution is 5.99. The summed E-state index contributed by atoms with van der Waals surface area (Å²) in [6.07, 6.45) is -0.843. The zero-order chi connectivity index (χ0) is 32.1. The molecule has 45 heavy (non-hydrogen) atoms. The van der Waals surface area contributed by atoms with Crippen LogP contribution in [0.15, 0.2) is 93.5 Å². The minimum absolute atomic E-state index is 0.00580. The molecule has 1 saturated heterocycles. The normalized spacial score (nSPS) is 17.5. The maximum atomic E-state index is 14.9. The van der Waals surface area contributed by atoms with Crippen molar-refractivity contribution in [3.05, 3.63) is 133 Å². The molecule has 13 nitrogen and oxygen atoms in total. The Hall–Kier alpha value is -5.47. The molecule has 0 spiro atoms. The number of esters is 2. The van der Waals surface area contributed by atoms with Crippen LogP contribution in [-0.4, -0.2) is 50.8 Å². The van der Waals surface area contributed by atoms with Crippen molar-refractivity contribution in [2.75, 3.05) is 6.61 Å². The first kappa shape index (κ1) is 31.0. The number of nitrogens with zero attached hydrogens (tertiary/aromatic N) is 2. The monoisotopic (exact) mass is 619 g/mol. The average molecular weight is 620 g/mol. The number of rotatable bonds is 9. The number of carbonyl (C=O) groups is 3. The molecule has 0 bridgehead atoms. The average Bonchev–Trinajstić information content (AvgIpc) is 3.44. The molecule has 5 rings (SSSR count). The van der Waals surface area contributed by atoms with Gasteiger partial charge in [-0.25, -0.2) is 9.59 Å². The Labute approximate surface area is 253 Å². The van der Waals surface area contributed by atoms with Crippen molar-refractivity contribution < 1.29 is 37.7 Å². The SMILES string of the molecule is CC(=O)OC[C@H]1O[C@@H](n2cc(F)c(=O)n(C(=O)c3cccc(C(=O)Oc4cc[nH]c(=O)c4)c3)c2=O)C[C@@H]1OCc1ccccc1. The van der Waals surface area contributed by atoms with Crippen LogP contribution in [0.25, 0.3) is 0 Å². The van der Waals surface area contributed by atoms with Gasteiger partial charge in [0.1, 0.15) is 24.7 Å². The van der Waals surface area contributed by atoms with Crippen LogP contribution in [0.5, 0.6) is 5.75 Å². The maximum absolute atomic E-state index is 14.9. The lowest BCUT2D eigenvalue weighted by Gasteiger charge is -2.18. The number of aromatic amines is 1. The molecule has 1 N–H and O–H groups in total. The van der Waals surface area contributed by atoms with Crippen LogP contribution in [-0.2, 0) is 25.6 Å². The number of H-pyrrole nitrogens is 1. The Bertz CT molecular complexity index is 1920. The Balaban J connectivity index is 1.41. The van der Waals surface area contributed by atoms with E-state index in [0.717, 1.165) is 22.3 Å². The summed E-state index contributed by atoms with van der Waals surface area (Å²) in [5, 5.41) is 0. The molecule has 14 heteroatoms. The predicted octanol–water partition coefficient (Wildman–Crippen LogP) is 2.18. The third-order valence-corrected chi connectivity index (χ3v) is 6.83. The molecular formula is C31H26FN3O10. The summed E-state index contributed by atoms with van der Waals surface area (Å²) in [7, 11) is 0. The molecule has 0 radical (unpaired) electrons. The first-order chi connectivity index (χ1) is 21.6. The van der Waals surface area contributed by atoms with Gasteiger partial charge in [-0.15, -0.1) is 0 Å². The van der Waals surface area contributed by atoms with Crippen molar-refractivity contribution in [3.63, 3.8) is 0 Å². The first-order valence-corrected chi connectivity index (χ1v) is 13.6. The summed E-state index contributed by atoms with van der Waals surface area (Å²) < 4.78 is 37.9. The van der Waals surface area contributed by atoms with Crippen LogP contribution >= 0.6 is 0 Å². The van der Waals surface area contributed by atoms with Crippen molar-refractivity contribution in [1.29, 1.82) is 0 Å². The van der Waals surface area contributed by atoms with Crippen molar-refractivity contribution in [3.8, 4) is 5.75 Å². The molecule has 0 amide bonds. The second kappa shape index (κ2) is 13.4. The van der Waals surface area contributed by atoms with E-state index in [4.69, 9.17) is 18.9 Å². The summed E-state index contributed by atoms with van der Waals surface area (Å²) in [6, 6.07) is 16.5. The fourth-order valence-corrected chi connectivity index (χ4v) is 4.66. The van der Waals surface area contributed by atoms with Gasteiger partial charge in [0.05, 0.1) is 24.5 Å². The Morgan fingerprint density at radius 3 is 2.49 bits per heavy atom. The van der Waals surface area contributed by atoms with Crippen LogP contribution in [0.1, 0.15) is 45.9 Å². The van der Waals surface area contributed by atoms with Gasteiger partial charge >= 0.3 is 17.6 Å². The highest BCUT2D eigenvalue weighted by Gasteiger charge is 2.39. The van der Waals surface area contributed by atoms with Crippen LogP contribution in [0.3, 0.4) is 0 Å². The molecule has 1 fully saturated rings. The lowest BCUT2D eigenvalue weighted by Crippen LogP contribution is -2.46. The van der Waals surface area contributed by atoms with Crippen LogP contribution in [0, 0.1) is 5.82 Å². The summed E-state index contributed by atoms with van der Waals surface area (Å²) >= 11 is 0. The number of pyridine rings is 1. The summed E-state index contributed by atoms with van der Waals surface area (Å²) in [5.74, 6) is -4.19. The molecule has 0 aliphatic carbocycles. The number of benzene rings is 2. The van der Waals surface area contributed by atoms with E-state index in [2.05, 4.69) is 4.98 Å². The molecule has 3 atom stereocenters. The third-order valence-electron chi connectivity index (χ3n) is 6.83. The van der Waals surface area contributed by atoms with Crippen molar-refractivity contribution in [2.24, 2.45) is 0 Å². The quantitative estimate of drug-likeness (QED) is 0.275. The lowest BCUT2D eigenvalue weighted by atomic mass is 10.1. The molecule has 1 aliphatic rings. The van der Waals surface area contributed by atoms with Gasteiger partial charge in [-0.2, -0.15) is 8.96 Å². The molecule has 2 aromatic heterocycles. The van der Waals surface area contributed by atoms with E-state index in [9.17, 15) is 33.2 Å². The molecule has 232 valence electrons. The number of nitrogens with one attached hydrogen (secondary N) is 1. The predicted molar refractivity (Wildman–Crippen MR) is 153 cm³/mol. The molecule has 3 heterocycles. The second-order valence-corrected chi connectivity index (χ2v) is 9.97. The lowest BCUT2D eigenvalue weighted by molar-refractivity contribution is -0.148. The van der Waals surface area contributed by atoms with Crippen LogP contribution in [0.4, 0.5) is 4.39 Å². The van der Waals surface area contributed by atoms with Crippen molar-refractivity contribution in [1.82, 2.24) is 14.1 Å². The third kappa shape index (κ3) is 7.20. The van der Waals surface area contributed by atoms with E-state index < -0.39 is 58.9 Å². The highest BCUT2D eigenvalue weighted by Crippen LogP contribution is 2.31. The van der Waals surface area contributed by atoms with Gasteiger partial charge in [0, 0.05) is 31.2 Å². The molecule has 0 saturated carbocycles. The smallest absolute Gasteiger partial charge is 0.343 e. The topological polar surface area (TPSA) is 165 Å². The molecule has 1 aliphatic heterocycles. The van der Waals surface area contributed by atoms with E-state index in [1.165, 1.54) is 37.4 Å².